The van der Waals surface area contributed by atoms with Gasteiger partial charge in [-0.1, -0.05) is 42.1 Å². The second-order valence-corrected chi connectivity index (χ2v) is 7.47. The highest BCUT2D eigenvalue weighted by atomic mass is 32.2. The van der Waals surface area contributed by atoms with Crippen LogP contribution in [0.25, 0.3) is 17.1 Å². The molecule has 0 N–H and O–H groups in total. The Morgan fingerprint density at radius 3 is 2.38 bits per heavy atom. The first-order valence-electron chi connectivity index (χ1n) is 9.05. The van der Waals surface area contributed by atoms with Crippen molar-refractivity contribution >= 4 is 11.8 Å². The molecule has 4 nitrogen and oxygen atoms in total. The van der Waals surface area contributed by atoms with Crippen LogP contribution in [0.1, 0.15) is 16.7 Å². The van der Waals surface area contributed by atoms with Crippen molar-refractivity contribution in [2.24, 2.45) is 0 Å². The number of nitrogens with zero attached hydrogens (tertiary/aromatic N) is 4. The third-order valence-electron chi connectivity index (χ3n) is 4.54. The van der Waals surface area contributed by atoms with Gasteiger partial charge in [0, 0.05) is 11.3 Å². The molecule has 3 aromatic carbocycles. The van der Waals surface area contributed by atoms with E-state index in [-0.39, 0.29) is 5.82 Å². The lowest BCUT2D eigenvalue weighted by Gasteiger charge is -2.13. The first kappa shape index (κ1) is 18.9. The molecule has 0 unspecified atom stereocenters. The molecular formula is C23H17FN4S. The molecule has 0 radical (unpaired) electrons. The van der Waals surface area contributed by atoms with Crippen molar-refractivity contribution in [2.75, 3.05) is 0 Å². The Bertz CT molecular complexity index is 1170. The van der Waals surface area contributed by atoms with Crippen LogP contribution in [0.15, 0.2) is 78.0 Å². The zero-order valence-electron chi connectivity index (χ0n) is 15.7. The average Bonchev–Trinajstić information content (AvgIpc) is 3.17. The van der Waals surface area contributed by atoms with E-state index in [4.69, 9.17) is 5.26 Å². The van der Waals surface area contributed by atoms with Gasteiger partial charge >= 0.3 is 0 Å². The maximum absolute atomic E-state index is 13.4. The van der Waals surface area contributed by atoms with Crippen molar-refractivity contribution < 1.29 is 4.39 Å². The molecule has 142 valence electrons. The molecule has 0 aliphatic rings. The van der Waals surface area contributed by atoms with E-state index in [9.17, 15) is 4.39 Å². The second-order valence-electron chi connectivity index (χ2n) is 6.53. The van der Waals surface area contributed by atoms with Crippen molar-refractivity contribution in [2.45, 2.75) is 17.8 Å². The first-order chi connectivity index (χ1) is 14.2. The van der Waals surface area contributed by atoms with E-state index in [1.54, 1.807) is 23.9 Å². The normalized spacial score (nSPS) is 10.7. The van der Waals surface area contributed by atoms with E-state index in [2.05, 4.69) is 16.3 Å². The fourth-order valence-corrected chi connectivity index (χ4v) is 3.90. The molecule has 0 aliphatic carbocycles. The highest BCUT2D eigenvalue weighted by Gasteiger charge is 2.17. The summed E-state index contributed by atoms with van der Waals surface area (Å²) in [4.78, 5) is 0. The molecule has 6 heteroatoms. The van der Waals surface area contributed by atoms with Crippen LogP contribution in [0.2, 0.25) is 0 Å². The highest BCUT2D eigenvalue weighted by molar-refractivity contribution is 7.98. The molecule has 0 bridgehead atoms. The van der Waals surface area contributed by atoms with Gasteiger partial charge in [0.15, 0.2) is 11.0 Å². The molecule has 0 saturated carbocycles. The summed E-state index contributed by atoms with van der Waals surface area (Å²) in [5, 5.41) is 18.5. The van der Waals surface area contributed by atoms with Crippen LogP contribution in [-0.4, -0.2) is 14.8 Å². The SMILES string of the molecule is Cc1ccccc1-n1c(SCc2ccc(C#N)cc2)nnc1-c1ccc(F)cc1. The Hall–Kier alpha value is -3.43. The van der Waals surface area contributed by atoms with Gasteiger partial charge < -0.3 is 0 Å². The molecule has 4 aromatic rings. The summed E-state index contributed by atoms with van der Waals surface area (Å²) in [5.41, 5.74) is 4.61. The fraction of sp³-hybridized carbons (Fsp3) is 0.0870. The summed E-state index contributed by atoms with van der Waals surface area (Å²) in [5.74, 6) is 1.08. The number of aryl methyl sites for hydroxylation is 1. The maximum Gasteiger partial charge on any atom is 0.196 e. The van der Waals surface area contributed by atoms with E-state index in [1.807, 2.05) is 60.0 Å². The summed E-state index contributed by atoms with van der Waals surface area (Å²) < 4.78 is 15.4. The Kier molecular flexibility index (Phi) is 5.41. The lowest BCUT2D eigenvalue weighted by molar-refractivity contribution is 0.628. The van der Waals surface area contributed by atoms with Crippen molar-refractivity contribution in [3.63, 3.8) is 0 Å². The molecule has 1 heterocycles. The topological polar surface area (TPSA) is 54.5 Å². The van der Waals surface area contributed by atoms with Gasteiger partial charge in [0.1, 0.15) is 5.82 Å². The van der Waals surface area contributed by atoms with Gasteiger partial charge in [0.25, 0.3) is 0 Å². The minimum absolute atomic E-state index is 0.286. The summed E-state index contributed by atoms with van der Waals surface area (Å²) in [6.45, 7) is 2.04. The van der Waals surface area contributed by atoms with Crippen LogP contribution in [-0.2, 0) is 5.75 Å². The predicted octanol–water partition coefficient (Wildman–Crippen LogP) is 5.55. The van der Waals surface area contributed by atoms with Crippen LogP contribution in [0, 0.1) is 24.1 Å². The fourth-order valence-electron chi connectivity index (χ4n) is 3.00. The third-order valence-corrected chi connectivity index (χ3v) is 5.54. The van der Waals surface area contributed by atoms with Gasteiger partial charge in [0.2, 0.25) is 0 Å². The van der Waals surface area contributed by atoms with Crippen LogP contribution < -0.4 is 0 Å². The summed E-state index contributed by atoms with van der Waals surface area (Å²) >= 11 is 1.57. The summed E-state index contributed by atoms with van der Waals surface area (Å²) in [6, 6.07) is 24.0. The number of benzene rings is 3. The zero-order valence-corrected chi connectivity index (χ0v) is 16.5. The lowest BCUT2D eigenvalue weighted by Crippen LogP contribution is -2.02. The largest absolute Gasteiger partial charge is 0.270 e. The molecule has 0 amide bonds. The van der Waals surface area contributed by atoms with Gasteiger partial charge in [-0.15, -0.1) is 10.2 Å². The number of aromatic nitrogens is 3. The summed E-state index contributed by atoms with van der Waals surface area (Å²) in [6.07, 6.45) is 0. The molecular weight excluding hydrogens is 383 g/mol. The Morgan fingerprint density at radius 2 is 1.69 bits per heavy atom. The smallest absolute Gasteiger partial charge is 0.196 e. The molecule has 0 spiro atoms. The molecule has 0 saturated heterocycles. The number of hydrogen-bond acceptors (Lipinski definition) is 4. The van der Waals surface area contributed by atoms with Crippen LogP contribution in [0.3, 0.4) is 0 Å². The van der Waals surface area contributed by atoms with Crippen LogP contribution >= 0.6 is 11.8 Å². The lowest BCUT2D eigenvalue weighted by atomic mass is 10.1. The second kappa shape index (κ2) is 8.29. The van der Waals surface area contributed by atoms with Gasteiger partial charge in [-0.2, -0.15) is 5.26 Å². The van der Waals surface area contributed by atoms with Gasteiger partial charge in [-0.25, -0.2) is 4.39 Å². The number of para-hydroxylation sites is 1. The van der Waals surface area contributed by atoms with Crippen molar-refractivity contribution in [1.82, 2.24) is 14.8 Å². The number of nitriles is 1. The monoisotopic (exact) mass is 400 g/mol. The minimum Gasteiger partial charge on any atom is -0.270 e. The van der Waals surface area contributed by atoms with E-state index < -0.39 is 0 Å². The standard InChI is InChI=1S/C23H17FN4S/c1-16-4-2-3-5-21(16)28-22(19-10-12-20(24)13-11-19)26-27-23(28)29-15-18-8-6-17(14-25)7-9-18/h2-13H,15H2,1H3. The number of thioether (sulfide) groups is 1. The van der Waals surface area contributed by atoms with E-state index in [1.165, 1.54) is 12.1 Å². The molecule has 1 aromatic heterocycles. The highest BCUT2D eigenvalue weighted by Crippen LogP contribution is 2.31. The molecule has 0 fully saturated rings. The van der Waals surface area contributed by atoms with Gasteiger partial charge in [-0.05, 0) is 60.5 Å². The van der Waals surface area contributed by atoms with Crippen LogP contribution in [0.4, 0.5) is 4.39 Å². The summed E-state index contributed by atoms with van der Waals surface area (Å²) in [7, 11) is 0. The van der Waals surface area contributed by atoms with Gasteiger partial charge in [-0.3, -0.25) is 4.57 Å². The number of rotatable bonds is 5. The third kappa shape index (κ3) is 4.05. The van der Waals surface area contributed by atoms with E-state index in [0.29, 0.717) is 17.1 Å². The quantitative estimate of drug-likeness (QED) is 0.412. The van der Waals surface area contributed by atoms with E-state index >= 15 is 0 Å². The van der Waals surface area contributed by atoms with Crippen molar-refractivity contribution in [3.05, 3.63) is 95.3 Å². The predicted molar refractivity (Wildman–Crippen MR) is 112 cm³/mol. The van der Waals surface area contributed by atoms with Crippen molar-refractivity contribution in [3.8, 4) is 23.1 Å². The Morgan fingerprint density at radius 1 is 0.966 bits per heavy atom. The first-order valence-corrected chi connectivity index (χ1v) is 10.0. The van der Waals surface area contributed by atoms with Crippen molar-refractivity contribution in [1.29, 1.82) is 5.26 Å². The maximum atomic E-state index is 13.4. The Labute approximate surface area is 172 Å². The molecule has 29 heavy (non-hydrogen) atoms. The number of hydrogen-bond donors (Lipinski definition) is 0. The van der Waals surface area contributed by atoms with Crippen LogP contribution in [0.5, 0.6) is 0 Å². The minimum atomic E-state index is -0.286. The number of halogens is 1. The average molecular weight is 400 g/mol. The zero-order chi connectivity index (χ0) is 20.2. The Balaban J connectivity index is 1.72. The molecule has 0 atom stereocenters. The molecule has 0 aliphatic heterocycles. The van der Waals surface area contributed by atoms with Gasteiger partial charge in [0.05, 0.1) is 17.3 Å². The van der Waals surface area contributed by atoms with E-state index in [0.717, 1.165) is 27.5 Å². The molecule has 4 rings (SSSR count).